The van der Waals surface area contributed by atoms with Crippen LogP contribution in [0.3, 0.4) is 0 Å². The van der Waals surface area contributed by atoms with Crippen molar-refractivity contribution in [2.45, 2.75) is 6.04 Å². The maximum atomic E-state index is 13.5. The summed E-state index contributed by atoms with van der Waals surface area (Å²) in [5, 5.41) is 41.9. The summed E-state index contributed by atoms with van der Waals surface area (Å²) < 4.78 is 58.6. The number of rotatable bonds is 10. The minimum Gasteiger partial charge on any atom is -0.394 e. The van der Waals surface area contributed by atoms with Crippen molar-refractivity contribution < 1.29 is 41.3 Å². The van der Waals surface area contributed by atoms with Gasteiger partial charge in [-0.3, -0.25) is 29.8 Å². The van der Waals surface area contributed by atoms with Crippen LogP contribution in [0.25, 0.3) is 21.8 Å². The molecule has 26 heteroatoms. The van der Waals surface area contributed by atoms with Crippen molar-refractivity contribution in [2.24, 2.45) is 0 Å². The first-order chi connectivity index (χ1) is 21.7. The highest BCUT2D eigenvalue weighted by Gasteiger charge is 2.22. The molecule has 0 radical (unpaired) electrons. The number of H-pyrrole nitrogens is 2. The fourth-order valence-electron chi connectivity index (χ4n) is 3.75. The summed E-state index contributed by atoms with van der Waals surface area (Å²) in [6.45, 7) is -1.09. The summed E-state index contributed by atoms with van der Waals surface area (Å²) in [4.78, 5) is 75.5. The molecular formula is C21H22FN9O14S2. The minimum atomic E-state index is -3.95. The van der Waals surface area contributed by atoms with Gasteiger partial charge in [-0.1, -0.05) is 0 Å². The van der Waals surface area contributed by atoms with Crippen LogP contribution in [-0.2, 0) is 20.0 Å². The molecule has 4 aromatic rings. The number of benzene rings is 2. The molecule has 0 atom stereocenters. The molecule has 0 bridgehead atoms. The number of aliphatic hydroxyl groups excluding tert-OH is 2. The number of aromatic nitrogens is 4. The van der Waals surface area contributed by atoms with E-state index in [-0.39, 0.29) is 31.5 Å². The van der Waals surface area contributed by atoms with E-state index in [9.17, 15) is 60.6 Å². The zero-order valence-electron chi connectivity index (χ0n) is 23.6. The Kier molecular flexibility index (Phi) is 10.1. The Hall–Kier alpha value is -5.73. The quantitative estimate of drug-likeness (QED) is 0.0642. The Labute approximate surface area is 258 Å². The van der Waals surface area contributed by atoms with Crippen LogP contribution in [-0.4, -0.2) is 88.0 Å². The van der Waals surface area contributed by atoms with Crippen molar-refractivity contribution in [1.29, 1.82) is 0 Å². The Morgan fingerprint density at radius 1 is 0.787 bits per heavy atom. The highest BCUT2D eigenvalue weighted by molar-refractivity contribution is 7.91. The highest BCUT2D eigenvalue weighted by Crippen LogP contribution is 2.28. The lowest BCUT2D eigenvalue weighted by molar-refractivity contribution is -0.387. The average molecular weight is 708 g/mol. The number of hydrogen-bond donors (Lipinski definition) is 7. The van der Waals surface area contributed by atoms with Crippen molar-refractivity contribution >= 4 is 58.9 Å². The summed E-state index contributed by atoms with van der Waals surface area (Å²) in [5.41, 5.74) is -6.64. The van der Waals surface area contributed by atoms with Gasteiger partial charge in [-0.05, 0) is 12.1 Å². The number of nitrogens with zero attached hydrogens (tertiary/aromatic N) is 4. The second-order valence-corrected chi connectivity index (χ2v) is 12.8. The maximum Gasteiger partial charge on any atom is 0.348 e. The summed E-state index contributed by atoms with van der Waals surface area (Å²) in [6, 6.07) is 2.22. The van der Waals surface area contributed by atoms with Gasteiger partial charge in [-0.25, -0.2) is 36.1 Å². The minimum absolute atomic E-state index is 0.128. The smallest absolute Gasteiger partial charge is 0.348 e. The number of anilines is 1. The summed E-state index contributed by atoms with van der Waals surface area (Å²) in [6.07, 6.45) is 1.44. The zero-order chi connectivity index (χ0) is 35.6. The molecule has 23 nitrogen and oxygen atoms in total. The van der Waals surface area contributed by atoms with Gasteiger partial charge in [0.25, 0.3) is 16.8 Å². The monoisotopic (exact) mass is 707 g/mol. The van der Waals surface area contributed by atoms with Crippen LogP contribution >= 0.6 is 0 Å². The number of nitro groups is 2. The van der Waals surface area contributed by atoms with E-state index in [4.69, 9.17) is 10.2 Å². The normalized spacial score (nSPS) is 11.6. The van der Waals surface area contributed by atoms with Crippen molar-refractivity contribution in [3.8, 4) is 0 Å². The summed E-state index contributed by atoms with van der Waals surface area (Å²) in [5.74, 6) is -1.29. The number of aliphatic hydroxyl groups is 2. The topological polar surface area (TPSA) is 341 Å². The van der Waals surface area contributed by atoms with Gasteiger partial charge < -0.3 is 25.5 Å². The SMILES string of the molecule is CS(=O)(=O)Nn1c(=O)[nH]c2cc([N+](=O)[O-])c(F)cc2c1=O.CS(=O)(=O)Nn1c(=O)[nH]c2cc([N+](=O)[O-])c(NC(CO)CO)cc2c1=O. The van der Waals surface area contributed by atoms with Gasteiger partial charge >= 0.3 is 17.1 Å². The van der Waals surface area contributed by atoms with Gasteiger partial charge in [0.2, 0.25) is 25.9 Å². The highest BCUT2D eigenvalue weighted by atomic mass is 32.2. The molecule has 0 aliphatic heterocycles. The van der Waals surface area contributed by atoms with Gasteiger partial charge in [-0.15, -0.1) is 0 Å². The lowest BCUT2D eigenvalue weighted by Crippen LogP contribution is -2.43. The molecule has 0 saturated heterocycles. The van der Waals surface area contributed by atoms with Gasteiger partial charge in [0, 0.05) is 12.1 Å². The molecule has 0 aliphatic rings. The van der Waals surface area contributed by atoms with Crippen LogP contribution < -0.4 is 37.5 Å². The molecule has 0 amide bonds. The summed E-state index contributed by atoms with van der Waals surface area (Å²) >= 11 is 0. The standard InChI is InChI=1S/C12H15N5O8S.C9H7FN4O6S/c1-26(24,25)15-16-11(20)7-2-9(13-6(4-18)5-19)10(17(22)23)3-8(7)14-12(16)21;1-21(19,20)12-13-8(15)4-2-5(10)7(14(17)18)3-6(4)11-9(13)16/h2-3,6,13,15,18-19H,4-5H2,1H3,(H,14,21);2-3,12H,1H3,(H,11,16). The Morgan fingerprint density at radius 2 is 1.19 bits per heavy atom. The lowest BCUT2D eigenvalue weighted by Gasteiger charge is -2.15. The largest absolute Gasteiger partial charge is 0.394 e. The third-order valence-electron chi connectivity index (χ3n) is 5.69. The predicted molar refractivity (Wildman–Crippen MR) is 161 cm³/mol. The molecular weight excluding hydrogens is 685 g/mol. The zero-order valence-corrected chi connectivity index (χ0v) is 25.2. The third-order valence-corrected chi connectivity index (χ3v) is 6.72. The van der Waals surface area contributed by atoms with E-state index < -0.39 is 94.2 Å². The molecule has 254 valence electrons. The number of sulfonamides is 2. The first-order valence-electron chi connectivity index (χ1n) is 12.2. The average Bonchev–Trinajstić information content (AvgIpc) is 2.95. The molecule has 0 aliphatic carbocycles. The predicted octanol–water partition coefficient (Wildman–Crippen LogP) is -2.89. The molecule has 0 spiro atoms. The van der Waals surface area contributed by atoms with E-state index in [1.165, 1.54) is 0 Å². The first-order valence-corrected chi connectivity index (χ1v) is 16.0. The fraction of sp³-hybridized carbons (Fsp3) is 0.238. The number of aromatic amines is 2. The van der Waals surface area contributed by atoms with Crippen molar-refractivity contribution in [3.63, 3.8) is 0 Å². The molecule has 2 heterocycles. The Morgan fingerprint density at radius 3 is 1.57 bits per heavy atom. The van der Waals surface area contributed by atoms with Crippen molar-refractivity contribution in [1.82, 2.24) is 19.3 Å². The summed E-state index contributed by atoms with van der Waals surface area (Å²) in [7, 11) is -7.88. The molecule has 47 heavy (non-hydrogen) atoms. The number of nitro benzene ring substituents is 2. The van der Waals surface area contributed by atoms with E-state index in [1.54, 1.807) is 9.66 Å². The van der Waals surface area contributed by atoms with Crippen LogP contribution in [0.15, 0.2) is 43.4 Å². The maximum absolute atomic E-state index is 13.5. The number of hydrogen-bond acceptors (Lipinski definition) is 15. The van der Waals surface area contributed by atoms with Crippen LogP contribution in [0, 0.1) is 26.0 Å². The van der Waals surface area contributed by atoms with Crippen LogP contribution in [0.4, 0.5) is 21.5 Å². The third kappa shape index (κ3) is 8.31. The molecule has 2 aromatic heterocycles. The van der Waals surface area contributed by atoms with E-state index in [1.807, 2.05) is 0 Å². The number of halogens is 1. The lowest BCUT2D eigenvalue weighted by atomic mass is 10.1. The molecule has 0 fully saturated rings. The van der Waals surface area contributed by atoms with Crippen LogP contribution in [0.5, 0.6) is 0 Å². The molecule has 0 saturated carbocycles. The van der Waals surface area contributed by atoms with Gasteiger partial charge in [0.1, 0.15) is 5.69 Å². The van der Waals surface area contributed by atoms with Crippen molar-refractivity contribution in [3.05, 3.63) is 92.0 Å². The first kappa shape index (κ1) is 35.7. The molecule has 2 aromatic carbocycles. The van der Waals surface area contributed by atoms with Crippen LogP contribution in [0.1, 0.15) is 0 Å². The van der Waals surface area contributed by atoms with Gasteiger partial charge in [0.15, 0.2) is 0 Å². The van der Waals surface area contributed by atoms with Gasteiger partial charge in [0.05, 0.1) is 63.4 Å². The number of fused-ring (bicyclic) bond motifs is 2. The Bertz CT molecular complexity index is 2380. The molecule has 7 N–H and O–H groups in total. The van der Waals surface area contributed by atoms with Gasteiger partial charge in [-0.2, -0.15) is 13.7 Å². The van der Waals surface area contributed by atoms with Crippen molar-refractivity contribution in [2.75, 3.05) is 40.7 Å². The van der Waals surface area contributed by atoms with E-state index in [2.05, 4.69) is 15.3 Å². The van der Waals surface area contributed by atoms with Crippen LogP contribution in [0.2, 0.25) is 0 Å². The number of nitrogens with one attached hydrogen (secondary N) is 5. The van der Waals surface area contributed by atoms with E-state index in [0.717, 1.165) is 18.4 Å². The van der Waals surface area contributed by atoms with E-state index >= 15 is 0 Å². The molecule has 4 rings (SSSR count). The Balaban J connectivity index is 0.000000261. The van der Waals surface area contributed by atoms with E-state index in [0.29, 0.717) is 18.4 Å². The molecule has 0 unspecified atom stereocenters. The second-order valence-electron chi connectivity index (χ2n) is 9.35. The fourth-order valence-corrected chi connectivity index (χ4v) is 4.75. The second kappa shape index (κ2) is 13.3.